The van der Waals surface area contributed by atoms with Crippen LogP contribution < -0.4 is 24.4 Å². The average Bonchev–Trinajstić information content (AvgIpc) is 3.10. The third-order valence-electron chi connectivity index (χ3n) is 6.70. The molecule has 5 heterocycles. The number of ether oxygens (including phenoxy) is 3. The molecule has 0 aliphatic carbocycles. The molecule has 3 aromatic heterocycles. The minimum absolute atomic E-state index is 0.0594. The minimum Gasteiger partial charge on any atom is -0.495 e. The van der Waals surface area contributed by atoms with E-state index in [0.717, 1.165) is 17.5 Å². The predicted octanol–water partition coefficient (Wildman–Crippen LogP) is 3.48. The van der Waals surface area contributed by atoms with Crippen LogP contribution in [0.4, 0.5) is 20.4 Å². The van der Waals surface area contributed by atoms with Gasteiger partial charge in [-0.15, -0.1) is 0 Å². The monoisotopic (exact) mass is 583 g/mol. The second-order valence-corrected chi connectivity index (χ2v) is 11.3. The van der Waals surface area contributed by atoms with Crippen LogP contribution in [0.5, 0.6) is 17.2 Å². The van der Waals surface area contributed by atoms with Crippen molar-refractivity contribution in [3.05, 3.63) is 65.9 Å². The molecule has 0 radical (unpaired) electrons. The first kappa shape index (κ1) is 26.6. The number of anilines is 2. The van der Waals surface area contributed by atoms with Crippen LogP contribution in [0, 0.1) is 5.82 Å². The van der Waals surface area contributed by atoms with Crippen molar-refractivity contribution in [3.8, 4) is 17.2 Å². The SMILES string of the molecule is COc1cnc2c(c1)OCCN2c1ccc2cnc(CNC(=O)c3cc(F)c4c(c3)S(=O)(=O)[C@@H](F)CCO4)cc2n1. The number of hydrogen-bond donors (Lipinski definition) is 1. The van der Waals surface area contributed by atoms with E-state index in [1.54, 1.807) is 31.6 Å². The number of halogens is 2. The van der Waals surface area contributed by atoms with E-state index < -0.39 is 44.1 Å². The number of amides is 1. The molecule has 0 spiro atoms. The summed E-state index contributed by atoms with van der Waals surface area (Å²) in [5.74, 6) is -0.0331. The van der Waals surface area contributed by atoms with Gasteiger partial charge >= 0.3 is 0 Å². The van der Waals surface area contributed by atoms with E-state index in [1.807, 2.05) is 17.0 Å². The van der Waals surface area contributed by atoms with Crippen molar-refractivity contribution < 1.29 is 36.2 Å². The van der Waals surface area contributed by atoms with Gasteiger partial charge in [0.1, 0.15) is 23.1 Å². The summed E-state index contributed by atoms with van der Waals surface area (Å²) >= 11 is 0. The summed E-state index contributed by atoms with van der Waals surface area (Å²) in [5.41, 5.74) is -1.49. The Kier molecular flexibility index (Phi) is 6.77. The van der Waals surface area contributed by atoms with Crippen molar-refractivity contribution in [2.24, 2.45) is 0 Å². The number of nitrogens with one attached hydrogen (secondary N) is 1. The third kappa shape index (κ3) is 4.94. The highest BCUT2D eigenvalue weighted by Gasteiger charge is 2.35. The maximum absolute atomic E-state index is 14.7. The van der Waals surface area contributed by atoms with E-state index in [0.29, 0.717) is 47.5 Å². The standard InChI is InChI=1S/C27H23F2N5O6S/c1-38-18-11-21-26(31-14-18)34(5-7-39-21)24-3-2-15-12-30-17(10-20(15)33-24)13-32-27(35)16-8-19(28)25-22(9-16)41(36,37)23(29)4-6-40-25/h2-3,8-12,14,23H,4-7,13H2,1H3,(H,32,35)/t23-/m1/s1. The highest BCUT2D eigenvalue weighted by atomic mass is 32.2. The quantitative estimate of drug-likeness (QED) is 0.372. The van der Waals surface area contributed by atoms with Gasteiger partial charge in [0.05, 0.1) is 44.2 Å². The average molecular weight is 584 g/mol. The fourth-order valence-electron chi connectivity index (χ4n) is 4.58. The van der Waals surface area contributed by atoms with Gasteiger partial charge in [0.2, 0.25) is 15.3 Å². The number of pyridine rings is 3. The molecular weight excluding hydrogens is 560 g/mol. The van der Waals surface area contributed by atoms with E-state index in [2.05, 4.69) is 15.3 Å². The summed E-state index contributed by atoms with van der Waals surface area (Å²) in [6, 6.07) is 8.95. The topological polar surface area (TPSA) is 133 Å². The van der Waals surface area contributed by atoms with Gasteiger partial charge in [0, 0.05) is 29.6 Å². The number of nitrogens with zero attached hydrogens (tertiary/aromatic N) is 4. The summed E-state index contributed by atoms with van der Waals surface area (Å²) < 4.78 is 69.9. The number of carbonyl (C=O) groups excluding carboxylic acids is 1. The van der Waals surface area contributed by atoms with Crippen LogP contribution in [0.25, 0.3) is 10.9 Å². The van der Waals surface area contributed by atoms with Crippen LogP contribution in [-0.2, 0) is 16.4 Å². The first-order chi connectivity index (χ1) is 19.7. The number of sulfone groups is 1. The van der Waals surface area contributed by atoms with Crippen LogP contribution in [0.15, 0.2) is 53.7 Å². The van der Waals surface area contributed by atoms with Gasteiger partial charge in [-0.2, -0.15) is 0 Å². The molecule has 1 amide bonds. The van der Waals surface area contributed by atoms with Gasteiger partial charge in [-0.3, -0.25) is 9.78 Å². The largest absolute Gasteiger partial charge is 0.495 e. The van der Waals surface area contributed by atoms with Gasteiger partial charge in [-0.25, -0.2) is 27.2 Å². The highest BCUT2D eigenvalue weighted by Crippen LogP contribution is 2.37. The number of fused-ring (bicyclic) bond motifs is 3. The Balaban J connectivity index is 1.23. The van der Waals surface area contributed by atoms with E-state index in [1.165, 1.54) is 0 Å². The lowest BCUT2D eigenvalue weighted by atomic mass is 10.2. The Bertz CT molecular complexity index is 1790. The highest BCUT2D eigenvalue weighted by molar-refractivity contribution is 7.92. The Hall–Kier alpha value is -4.59. The van der Waals surface area contributed by atoms with Crippen molar-refractivity contribution in [3.63, 3.8) is 0 Å². The molecule has 0 fully saturated rings. The number of carbonyl (C=O) groups is 1. The molecule has 212 valence electrons. The molecule has 6 rings (SSSR count). The first-order valence-electron chi connectivity index (χ1n) is 12.6. The Morgan fingerprint density at radius 3 is 2.83 bits per heavy atom. The van der Waals surface area contributed by atoms with Crippen LogP contribution in [0.2, 0.25) is 0 Å². The minimum atomic E-state index is -4.52. The van der Waals surface area contributed by atoms with Crippen LogP contribution in [0.3, 0.4) is 0 Å². The molecule has 41 heavy (non-hydrogen) atoms. The Morgan fingerprint density at radius 2 is 2.00 bits per heavy atom. The van der Waals surface area contributed by atoms with Crippen LogP contribution >= 0.6 is 0 Å². The number of rotatable bonds is 5. The smallest absolute Gasteiger partial charge is 0.251 e. The fraction of sp³-hybridized carbons (Fsp3) is 0.259. The van der Waals surface area contributed by atoms with Gasteiger partial charge in [0.15, 0.2) is 23.1 Å². The summed E-state index contributed by atoms with van der Waals surface area (Å²) in [4.78, 5) is 27.6. The third-order valence-corrected chi connectivity index (χ3v) is 8.53. The maximum atomic E-state index is 14.7. The zero-order valence-corrected chi connectivity index (χ0v) is 22.5. The van der Waals surface area contributed by atoms with E-state index in [-0.39, 0.29) is 18.7 Å². The Labute approximate surface area is 233 Å². The summed E-state index contributed by atoms with van der Waals surface area (Å²) in [6.45, 7) is 0.594. The van der Waals surface area contributed by atoms with Gasteiger partial charge in [0.25, 0.3) is 5.91 Å². The van der Waals surface area contributed by atoms with E-state index in [9.17, 15) is 22.0 Å². The van der Waals surface area contributed by atoms with Gasteiger partial charge in [-0.1, -0.05) is 0 Å². The lowest BCUT2D eigenvalue weighted by Gasteiger charge is -2.29. The zero-order chi connectivity index (χ0) is 28.7. The van der Waals surface area contributed by atoms with Crippen LogP contribution in [0.1, 0.15) is 22.5 Å². The molecular formula is C27H23F2N5O6S. The lowest BCUT2D eigenvalue weighted by molar-refractivity contribution is 0.0949. The number of benzene rings is 1. The van der Waals surface area contributed by atoms with Gasteiger partial charge < -0.3 is 24.4 Å². The number of methoxy groups -OCH3 is 1. The van der Waals surface area contributed by atoms with Crippen molar-refractivity contribution in [1.29, 1.82) is 0 Å². The molecule has 2 aliphatic heterocycles. The number of hydrogen-bond acceptors (Lipinski definition) is 10. The molecule has 0 unspecified atom stereocenters. The first-order valence-corrected chi connectivity index (χ1v) is 14.1. The second kappa shape index (κ2) is 10.4. The second-order valence-electron chi connectivity index (χ2n) is 9.29. The zero-order valence-electron chi connectivity index (χ0n) is 21.6. The summed E-state index contributed by atoms with van der Waals surface area (Å²) in [6.07, 6.45) is 2.77. The molecule has 2 aliphatic rings. The molecule has 0 saturated heterocycles. The van der Waals surface area contributed by atoms with Gasteiger partial charge in [-0.05, 0) is 30.3 Å². The maximum Gasteiger partial charge on any atom is 0.251 e. The van der Waals surface area contributed by atoms with Crippen molar-refractivity contribution in [2.75, 3.05) is 31.8 Å². The van der Waals surface area contributed by atoms with Crippen LogP contribution in [-0.4, -0.2) is 61.6 Å². The van der Waals surface area contributed by atoms with E-state index >= 15 is 0 Å². The molecule has 0 bridgehead atoms. The Morgan fingerprint density at radius 1 is 1.15 bits per heavy atom. The molecule has 0 saturated carbocycles. The molecule has 1 aromatic carbocycles. The number of aromatic nitrogens is 3. The van der Waals surface area contributed by atoms with E-state index in [4.69, 9.17) is 19.2 Å². The van der Waals surface area contributed by atoms with Crippen molar-refractivity contribution in [1.82, 2.24) is 20.3 Å². The molecule has 1 N–H and O–H groups in total. The molecule has 4 aromatic rings. The molecule has 1 atom stereocenters. The molecule has 11 nitrogen and oxygen atoms in total. The fourth-order valence-corrected chi connectivity index (χ4v) is 5.97. The summed E-state index contributed by atoms with van der Waals surface area (Å²) in [5, 5.41) is 3.36. The predicted molar refractivity (Wildman–Crippen MR) is 143 cm³/mol. The summed E-state index contributed by atoms with van der Waals surface area (Å²) in [7, 11) is -2.97. The lowest BCUT2D eigenvalue weighted by Crippen LogP contribution is -2.30. The van der Waals surface area contributed by atoms with Crippen molar-refractivity contribution >= 4 is 38.3 Å². The molecule has 14 heteroatoms. The number of alkyl halides is 1. The normalized spacial score (nSPS) is 17.4. The van der Waals surface area contributed by atoms with Crippen molar-refractivity contribution in [2.45, 2.75) is 23.4 Å².